The molecule has 0 radical (unpaired) electrons. The second-order valence-corrected chi connectivity index (χ2v) is 7.50. The topological polar surface area (TPSA) is 71.1 Å². The number of hydrogen-bond acceptors (Lipinski definition) is 4. The highest BCUT2D eigenvalue weighted by atomic mass is 35.5. The van der Waals surface area contributed by atoms with Crippen molar-refractivity contribution < 1.29 is 9.59 Å². The van der Waals surface area contributed by atoms with E-state index in [2.05, 4.69) is 15.6 Å². The third kappa shape index (κ3) is 4.93. The maximum absolute atomic E-state index is 12.4. The second kappa shape index (κ2) is 8.33. The molecule has 27 heavy (non-hydrogen) atoms. The lowest BCUT2D eigenvalue weighted by Crippen LogP contribution is -2.12. The van der Waals surface area contributed by atoms with Crippen LogP contribution in [0.15, 0.2) is 48.5 Å². The Morgan fingerprint density at radius 1 is 1.07 bits per heavy atom. The van der Waals surface area contributed by atoms with Gasteiger partial charge in [-0.15, -0.1) is 11.3 Å². The number of nitrogens with zero attached hydrogens (tertiary/aromatic N) is 1. The van der Waals surface area contributed by atoms with Gasteiger partial charge in [-0.3, -0.25) is 14.9 Å². The van der Waals surface area contributed by atoms with Crippen LogP contribution in [0.1, 0.15) is 33.4 Å². The number of rotatable bonds is 5. The van der Waals surface area contributed by atoms with E-state index in [1.807, 2.05) is 31.2 Å². The molecule has 1 heterocycles. The van der Waals surface area contributed by atoms with Crippen molar-refractivity contribution in [2.75, 3.05) is 10.6 Å². The van der Waals surface area contributed by atoms with Gasteiger partial charge in [-0.05, 0) is 42.8 Å². The first-order chi connectivity index (χ1) is 12.9. The Balaban J connectivity index is 1.70. The van der Waals surface area contributed by atoms with Crippen LogP contribution in [-0.4, -0.2) is 16.8 Å². The Morgan fingerprint density at radius 3 is 2.44 bits per heavy atom. The van der Waals surface area contributed by atoms with Crippen molar-refractivity contribution >= 4 is 45.6 Å². The van der Waals surface area contributed by atoms with Gasteiger partial charge >= 0.3 is 0 Å². The third-order valence-corrected chi connectivity index (χ3v) is 5.33. The Kier molecular flexibility index (Phi) is 5.88. The summed E-state index contributed by atoms with van der Waals surface area (Å²) < 4.78 is 0. The van der Waals surface area contributed by atoms with Gasteiger partial charge in [-0.2, -0.15) is 0 Å². The van der Waals surface area contributed by atoms with Gasteiger partial charge in [0, 0.05) is 34.5 Å². The Labute approximate surface area is 166 Å². The number of aromatic nitrogens is 1. The fraction of sp³-hybridized carbons (Fsp3) is 0.150. The molecule has 0 fully saturated rings. The predicted octanol–water partition coefficient (Wildman–Crippen LogP) is 4.91. The van der Waals surface area contributed by atoms with E-state index in [0.29, 0.717) is 22.8 Å². The summed E-state index contributed by atoms with van der Waals surface area (Å²) in [6.45, 7) is 3.35. The molecule has 138 valence electrons. The molecule has 0 atom stereocenters. The summed E-state index contributed by atoms with van der Waals surface area (Å²) in [6.07, 6.45) is 0.671. The van der Waals surface area contributed by atoms with E-state index in [9.17, 15) is 9.59 Å². The van der Waals surface area contributed by atoms with E-state index in [0.717, 1.165) is 21.2 Å². The molecule has 7 heteroatoms. The van der Waals surface area contributed by atoms with Gasteiger partial charge in [-0.25, -0.2) is 4.98 Å². The molecule has 2 aromatic carbocycles. The Morgan fingerprint density at radius 2 is 1.78 bits per heavy atom. The fourth-order valence-electron chi connectivity index (χ4n) is 2.54. The standard InChI is InChI=1S/C20H18ClN3O2S/c1-12-18(11-15-5-3-4-6-17(15)21)27-20(22-12)24-19(26)14-7-9-16(10-8-14)23-13(2)25/h3-10H,11H2,1-2H3,(H,23,25)(H,22,24,26). The van der Waals surface area contributed by atoms with Crippen molar-refractivity contribution in [2.45, 2.75) is 20.3 Å². The van der Waals surface area contributed by atoms with Crippen molar-refractivity contribution in [3.63, 3.8) is 0 Å². The number of thiazole rings is 1. The zero-order chi connectivity index (χ0) is 19.4. The smallest absolute Gasteiger partial charge is 0.257 e. The SMILES string of the molecule is CC(=O)Nc1ccc(C(=O)Nc2nc(C)c(Cc3ccccc3Cl)s2)cc1. The van der Waals surface area contributed by atoms with Crippen LogP contribution in [-0.2, 0) is 11.2 Å². The normalized spacial score (nSPS) is 10.5. The number of nitrogens with one attached hydrogen (secondary N) is 2. The lowest BCUT2D eigenvalue weighted by Gasteiger charge is -2.04. The molecule has 5 nitrogen and oxygen atoms in total. The van der Waals surface area contributed by atoms with E-state index in [1.165, 1.54) is 18.3 Å². The second-order valence-electron chi connectivity index (χ2n) is 6.01. The Bertz CT molecular complexity index is 983. The highest BCUT2D eigenvalue weighted by molar-refractivity contribution is 7.15. The van der Waals surface area contributed by atoms with E-state index in [1.54, 1.807) is 24.3 Å². The van der Waals surface area contributed by atoms with Gasteiger partial charge in [0.15, 0.2) is 5.13 Å². The van der Waals surface area contributed by atoms with E-state index >= 15 is 0 Å². The van der Waals surface area contributed by atoms with Crippen molar-refractivity contribution in [1.29, 1.82) is 0 Å². The van der Waals surface area contributed by atoms with Crippen LogP contribution in [0.5, 0.6) is 0 Å². The van der Waals surface area contributed by atoms with Crippen LogP contribution in [0.4, 0.5) is 10.8 Å². The quantitative estimate of drug-likeness (QED) is 0.640. The first-order valence-electron chi connectivity index (χ1n) is 8.31. The largest absolute Gasteiger partial charge is 0.326 e. The zero-order valence-corrected chi connectivity index (χ0v) is 16.4. The molecule has 0 spiro atoms. The van der Waals surface area contributed by atoms with Gasteiger partial charge in [0.05, 0.1) is 5.69 Å². The molecule has 3 aromatic rings. The molecule has 0 bridgehead atoms. The maximum atomic E-state index is 12.4. The number of carbonyl (C=O) groups is 2. The summed E-state index contributed by atoms with van der Waals surface area (Å²) in [6, 6.07) is 14.4. The lowest BCUT2D eigenvalue weighted by molar-refractivity contribution is -0.114. The minimum Gasteiger partial charge on any atom is -0.326 e. The van der Waals surface area contributed by atoms with Gasteiger partial charge in [-0.1, -0.05) is 29.8 Å². The molecule has 0 aliphatic heterocycles. The number of benzene rings is 2. The van der Waals surface area contributed by atoms with E-state index in [-0.39, 0.29) is 11.8 Å². The monoisotopic (exact) mass is 399 g/mol. The lowest BCUT2D eigenvalue weighted by atomic mass is 10.1. The predicted molar refractivity (Wildman–Crippen MR) is 110 cm³/mol. The molecule has 2 amide bonds. The molecule has 0 aliphatic carbocycles. The molecule has 0 saturated carbocycles. The first-order valence-corrected chi connectivity index (χ1v) is 9.50. The summed E-state index contributed by atoms with van der Waals surface area (Å²) in [5.74, 6) is -0.404. The minimum atomic E-state index is -0.248. The Hall–Kier alpha value is -2.70. The fourth-order valence-corrected chi connectivity index (χ4v) is 3.72. The zero-order valence-electron chi connectivity index (χ0n) is 14.9. The molecule has 0 saturated heterocycles. The third-order valence-electron chi connectivity index (χ3n) is 3.89. The number of aryl methyl sites for hydroxylation is 1. The van der Waals surface area contributed by atoms with Gasteiger partial charge < -0.3 is 5.32 Å². The number of carbonyl (C=O) groups excluding carboxylic acids is 2. The number of anilines is 2. The molecule has 3 rings (SSSR count). The average molecular weight is 400 g/mol. The van der Waals surface area contributed by atoms with Crippen LogP contribution < -0.4 is 10.6 Å². The average Bonchev–Trinajstić information content (AvgIpc) is 2.96. The van der Waals surface area contributed by atoms with Crippen LogP contribution >= 0.6 is 22.9 Å². The van der Waals surface area contributed by atoms with Gasteiger partial charge in [0.25, 0.3) is 5.91 Å². The maximum Gasteiger partial charge on any atom is 0.257 e. The molecule has 2 N–H and O–H groups in total. The highest BCUT2D eigenvalue weighted by Gasteiger charge is 2.13. The number of amides is 2. The summed E-state index contributed by atoms with van der Waals surface area (Å²) in [7, 11) is 0. The van der Waals surface area contributed by atoms with Crippen molar-refractivity contribution in [1.82, 2.24) is 4.98 Å². The highest BCUT2D eigenvalue weighted by Crippen LogP contribution is 2.28. The molecular formula is C20H18ClN3O2S. The van der Waals surface area contributed by atoms with Gasteiger partial charge in [0.2, 0.25) is 5.91 Å². The van der Waals surface area contributed by atoms with Crippen molar-refractivity contribution in [3.05, 3.63) is 75.3 Å². The van der Waals surface area contributed by atoms with Crippen LogP contribution in [0.2, 0.25) is 5.02 Å². The summed E-state index contributed by atoms with van der Waals surface area (Å²) in [4.78, 5) is 29.0. The summed E-state index contributed by atoms with van der Waals surface area (Å²) in [5.41, 5.74) is 3.03. The van der Waals surface area contributed by atoms with Crippen LogP contribution in [0.3, 0.4) is 0 Å². The number of halogens is 1. The van der Waals surface area contributed by atoms with Crippen LogP contribution in [0.25, 0.3) is 0 Å². The summed E-state index contributed by atoms with van der Waals surface area (Å²) >= 11 is 7.67. The summed E-state index contributed by atoms with van der Waals surface area (Å²) in [5, 5.41) is 6.76. The van der Waals surface area contributed by atoms with Crippen molar-refractivity contribution in [3.8, 4) is 0 Å². The molecular weight excluding hydrogens is 382 g/mol. The minimum absolute atomic E-state index is 0.156. The first kappa shape index (κ1) is 19.1. The molecule has 0 unspecified atom stereocenters. The molecule has 1 aromatic heterocycles. The van der Waals surface area contributed by atoms with Gasteiger partial charge in [0.1, 0.15) is 0 Å². The van der Waals surface area contributed by atoms with Crippen molar-refractivity contribution in [2.24, 2.45) is 0 Å². The molecule has 0 aliphatic rings. The van der Waals surface area contributed by atoms with Crippen LogP contribution in [0, 0.1) is 6.92 Å². The number of hydrogen-bond donors (Lipinski definition) is 2. The van der Waals surface area contributed by atoms with E-state index in [4.69, 9.17) is 11.6 Å². The van der Waals surface area contributed by atoms with E-state index < -0.39 is 0 Å².